The first kappa shape index (κ1) is 53.4. The number of phenolic OH excluding ortho intramolecular Hbond substituents is 2. The van der Waals surface area contributed by atoms with Gasteiger partial charge in [-0.25, -0.2) is 5.48 Å². The Bertz CT molecular complexity index is 2720. The highest BCUT2D eigenvalue weighted by atomic mass is 79.9. The Morgan fingerprint density at radius 3 is 2.36 bits per heavy atom. The number of amides is 3. The van der Waals surface area contributed by atoms with Crippen molar-refractivity contribution in [2.45, 2.75) is 93.3 Å². The molecule has 22 nitrogen and oxygen atoms in total. The molecule has 4 heterocycles. The number of ketones is 2. The van der Waals surface area contributed by atoms with E-state index in [9.17, 15) is 34.2 Å². The number of anilines is 1. The van der Waals surface area contributed by atoms with Crippen molar-refractivity contribution in [1.82, 2.24) is 30.7 Å². The van der Waals surface area contributed by atoms with Crippen molar-refractivity contribution in [2.75, 3.05) is 65.2 Å². The molecule has 2 aliphatic carbocycles. The summed E-state index contributed by atoms with van der Waals surface area (Å²) in [5.74, 6) is -4.58. The van der Waals surface area contributed by atoms with Crippen molar-refractivity contribution in [1.29, 1.82) is 0 Å². The number of morpholine rings is 1. The largest absolute Gasteiger partial charge is 0.507 e. The molecule has 396 valence electrons. The summed E-state index contributed by atoms with van der Waals surface area (Å²) in [6.07, 6.45) is -2.51. The molecule has 1 aromatic heterocycles. The predicted molar refractivity (Wildman–Crippen MR) is 267 cm³/mol. The Hall–Kier alpha value is -5.41. The summed E-state index contributed by atoms with van der Waals surface area (Å²) < 4.78 is 41.5. The number of methoxy groups -OCH3 is 1. The third-order valence-corrected chi connectivity index (χ3v) is 14.7. The van der Waals surface area contributed by atoms with Crippen LogP contribution in [0.5, 0.6) is 17.2 Å². The Morgan fingerprint density at radius 1 is 0.878 bits per heavy atom. The van der Waals surface area contributed by atoms with Crippen LogP contribution in [0.25, 0.3) is 0 Å². The summed E-state index contributed by atoms with van der Waals surface area (Å²) >= 11 is 6.80. The number of carbonyl (C=O) groups excluding carboxylic acids is 5. The zero-order valence-corrected chi connectivity index (χ0v) is 43.8. The number of phenols is 2. The van der Waals surface area contributed by atoms with Gasteiger partial charge >= 0.3 is 0 Å². The Balaban J connectivity index is 0.772. The zero-order valence-electron chi connectivity index (χ0n) is 40.6. The van der Waals surface area contributed by atoms with Gasteiger partial charge in [0.05, 0.1) is 107 Å². The van der Waals surface area contributed by atoms with E-state index >= 15 is 0 Å². The molecule has 0 saturated carbocycles. The van der Waals surface area contributed by atoms with Crippen molar-refractivity contribution < 1.29 is 72.2 Å². The molecule has 3 amide bonds. The van der Waals surface area contributed by atoms with Gasteiger partial charge in [0.1, 0.15) is 29.6 Å². The molecule has 3 aromatic carbocycles. The molecule has 0 bridgehead atoms. The lowest BCUT2D eigenvalue weighted by atomic mass is 9.74. The average molecular weight is 1160 g/mol. The van der Waals surface area contributed by atoms with Crippen LogP contribution in [0.3, 0.4) is 0 Å². The topological polar surface area (TPSA) is 270 Å². The standard InChI is InChI=1S/C50H57Br2N7O15/c1-26-49-34(58-11-14-70-25-39(58)74-49)20-40(72-26)73-36-19-28(18-31-42(36)48(65)44-43(46(31)63)45(62)30-4-3-5-35(67-2)41(30)47(44)64)50(66)57-71-24-27-6-8-29(9-7-27)54-38(61)23-53-37(60)10-13-68-16-17-69-15-12-59-55-32(21-51)33(22-52)56-59/h3-9,26,28,34,36,39-40,49,63,65H,10-25H2,1-2H3,(H,53,60)(H,54,61)(H,57,66)/t26-,28?,34-,36-,39+,40-,49+/m0/s1. The molecule has 9 rings (SSSR count). The third kappa shape index (κ3) is 11.5. The van der Waals surface area contributed by atoms with Crippen LogP contribution in [0.1, 0.15) is 92.2 Å². The van der Waals surface area contributed by atoms with Crippen molar-refractivity contribution in [3.63, 3.8) is 0 Å². The molecule has 0 spiro atoms. The number of halogens is 2. The van der Waals surface area contributed by atoms with E-state index in [2.05, 4.69) is 63.1 Å². The summed E-state index contributed by atoms with van der Waals surface area (Å²) in [7, 11) is 1.37. The maximum absolute atomic E-state index is 14.2. The van der Waals surface area contributed by atoms with E-state index in [0.29, 0.717) is 74.5 Å². The fourth-order valence-corrected chi connectivity index (χ4v) is 10.9. The van der Waals surface area contributed by atoms with Crippen molar-refractivity contribution in [2.24, 2.45) is 5.92 Å². The summed E-state index contributed by atoms with van der Waals surface area (Å²) in [5.41, 5.74) is 4.73. The van der Waals surface area contributed by atoms with Gasteiger partial charge in [-0.2, -0.15) is 15.0 Å². The molecule has 4 aromatic rings. The first-order valence-corrected chi connectivity index (χ1v) is 26.6. The van der Waals surface area contributed by atoms with Crippen LogP contribution in [0, 0.1) is 5.92 Å². The zero-order chi connectivity index (χ0) is 52.0. The fourth-order valence-electron chi connectivity index (χ4n) is 10.1. The van der Waals surface area contributed by atoms with E-state index in [4.69, 9.17) is 38.0 Å². The number of ether oxygens (including phenoxy) is 7. The lowest BCUT2D eigenvalue weighted by Gasteiger charge is -2.41. The highest BCUT2D eigenvalue weighted by molar-refractivity contribution is 9.09. The predicted octanol–water partition coefficient (Wildman–Crippen LogP) is 3.87. The Kier molecular flexibility index (Phi) is 17.4. The Labute approximate surface area is 442 Å². The summed E-state index contributed by atoms with van der Waals surface area (Å²) in [4.78, 5) is 76.6. The monoisotopic (exact) mass is 1150 g/mol. The minimum atomic E-state index is -1.09. The van der Waals surface area contributed by atoms with Gasteiger partial charge in [0.25, 0.3) is 0 Å². The molecule has 7 atom stereocenters. The molecule has 24 heteroatoms. The smallest absolute Gasteiger partial charge is 0.247 e. The first-order valence-electron chi connectivity index (χ1n) is 24.3. The van der Waals surface area contributed by atoms with Crippen LogP contribution in [0.4, 0.5) is 5.69 Å². The van der Waals surface area contributed by atoms with Gasteiger partial charge in [-0.1, -0.05) is 56.1 Å². The van der Waals surface area contributed by atoms with Crippen molar-refractivity contribution >= 4 is 66.8 Å². The van der Waals surface area contributed by atoms with Gasteiger partial charge in [-0.15, -0.1) is 0 Å². The molecular formula is C50H57Br2N7O15. The number of nitrogens with one attached hydrogen (secondary N) is 3. The van der Waals surface area contributed by atoms with E-state index < -0.39 is 59.3 Å². The molecule has 0 radical (unpaired) electrons. The minimum Gasteiger partial charge on any atom is -0.507 e. The quantitative estimate of drug-likeness (QED) is 0.0302. The normalized spacial score (nSPS) is 23.0. The number of hydrogen-bond donors (Lipinski definition) is 5. The van der Waals surface area contributed by atoms with Crippen LogP contribution in [0.15, 0.2) is 42.5 Å². The van der Waals surface area contributed by atoms with E-state index in [1.807, 2.05) is 6.92 Å². The number of hydroxylamine groups is 1. The maximum atomic E-state index is 14.2. The van der Waals surface area contributed by atoms with E-state index in [1.54, 1.807) is 35.1 Å². The second-order valence-corrected chi connectivity index (χ2v) is 19.4. The average Bonchev–Trinajstić information content (AvgIpc) is 4.00. The van der Waals surface area contributed by atoms with Crippen LogP contribution in [-0.4, -0.2) is 150 Å². The molecule has 74 heavy (non-hydrogen) atoms. The number of carbonyl (C=O) groups is 5. The maximum Gasteiger partial charge on any atom is 0.247 e. The minimum absolute atomic E-state index is 0.00290. The number of hydrogen-bond acceptors (Lipinski definition) is 18. The number of aromatic nitrogens is 3. The van der Waals surface area contributed by atoms with Gasteiger partial charge in [-0.3, -0.25) is 33.7 Å². The highest BCUT2D eigenvalue weighted by Gasteiger charge is 2.52. The summed E-state index contributed by atoms with van der Waals surface area (Å²) in [6.45, 7) is 4.90. The summed E-state index contributed by atoms with van der Waals surface area (Å²) in [5, 5.41) is 39.4. The molecule has 1 unspecified atom stereocenters. The number of fused-ring (bicyclic) bond motifs is 6. The second-order valence-electron chi connectivity index (χ2n) is 18.3. The molecule has 3 aliphatic heterocycles. The summed E-state index contributed by atoms with van der Waals surface area (Å²) in [6, 6.07) is 11.1. The fraction of sp³-hybridized carbons (Fsp3) is 0.500. The molecule has 5 N–H and O–H groups in total. The third-order valence-electron chi connectivity index (χ3n) is 13.7. The lowest BCUT2D eigenvalue weighted by Crippen LogP contribution is -2.52. The van der Waals surface area contributed by atoms with E-state index in [-0.39, 0.29) is 102 Å². The van der Waals surface area contributed by atoms with Crippen LogP contribution in [0.2, 0.25) is 0 Å². The lowest BCUT2D eigenvalue weighted by molar-refractivity contribution is -0.243. The van der Waals surface area contributed by atoms with E-state index in [0.717, 1.165) is 11.4 Å². The number of aromatic hydroxyl groups is 2. The van der Waals surface area contributed by atoms with E-state index in [1.165, 1.54) is 19.2 Å². The number of rotatable bonds is 21. The number of nitrogens with zero attached hydrogens (tertiary/aromatic N) is 4. The highest BCUT2D eigenvalue weighted by Crippen LogP contribution is 2.52. The van der Waals surface area contributed by atoms with Crippen molar-refractivity contribution in [3.8, 4) is 17.2 Å². The van der Waals surface area contributed by atoms with Crippen LogP contribution >= 0.6 is 31.9 Å². The van der Waals surface area contributed by atoms with Gasteiger partial charge in [0.15, 0.2) is 12.1 Å². The molecule has 3 saturated heterocycles. The van der Waals surface area contributed by atoms with Gasteiger partial charge in [0, 0.05) is 64.4 Å². The van der Waals surface area contributed by atoms with Gasteiger partial charge < -0.3 is 54.0 Å². The van der Waals surface area contributed by atoms with Gasteiger partial charge in [0.2, 0.25) is 23.5 Å². The van der Waals surface area contributed by atoms with Crippen LogP contribution < -0.4 is 20.9 Å². The first-order chi connectivity index (χ1) is 35.9. The van der Waals surface area contributed by atoms with Crippen molar-refractivity contribution in [3.05, 3.63) is 92.8 Å². The molecule has 5 aliphatic rings. The second kappa shape index (κ2) is 24.1. The number of benzene rings is 3. The Morgan fingerprint density at radius 2 is 1.62 bits per heavy atom. The molecule has 3 fully saturated rings. The van der Waals surface area contributed by atoms with Gasteiger partial charge in [-0.05, 0) is 43.5 Å². The SMILES string of the molecule is COc1cccc2c1C(=O)c1c(O)c3c(c(O)c1C2=O)CC(C(=O)NOCc1ccc(NC(=O)CNC(=O)CCOCCOCCn2nc(CBr)c(CBr)n2)cc1)C[C@@H]3O[C@H]1C[C@H]2[C@H](O[C@@H]3COCCN32)[C@H](C)O1. The van der Waals surface area contributed by atoms with Crippen LogP contribution in [-0.2, 0) is 77.9 Å². The number of alkyl halides is 2. The molecular weight excluding hydrogens is 1100 g/mol.